The second kappa shape index (κ2) is 19.8. The number of fused-ring (bicyclic) bond motifs is 5. The van der Waals surface area contributed by atoms with Crippen LogP contribution < -0.4 is 40.6 Å². The van der Waals surface area contributed by atoms with E-state index in [-0.39, 0.29) is 23.0 Å². The molecule has 0 saturated carbocycles. The van der Waals surface area contributed by atoms with Crippen molar-refractivity contribution >= 4 is 74.3 Å². The fourth-order valence-electron chi connectivity index (χ4n) is 12.4. The molecule has 0 N–H and O–H groups in total. The van der Waals surface area contributed by atoms with Gasteiger partial charge in [0, 0.05) is 57.1 Å². The predicted octanol–water partition coefficient (Wildman–Crippen LogP) is 18.2. The van der Waals surface area contributed by atoms with Crippen molar-refractivity contribution in [2.45, 2.75) is 85.5 Å². The number of para-hydroxylation sites is 2. The van der Waals surface area contributed by atoms with Crippen molar-refractivity contribution in [3.05, 3.63) is 241 Å². The summed E-state index contributed by atoms with van der Waals surface area (Å²) in [4.78, 5) is 7.50. The third-order valence-corrected chi connectivity index (χ3v) is 16.7. The number of hydrogen-bond donors (Lipinski definition) is 0. The minimum atomic E-state index is -0.175. The van der Waals surface area contributed by atoms with E-state index in [1.165, 1.54) is 49.8 Å². The molecule has 3 heterocycles. The van der Waals surface area contributed by atoms with Gasteiger partial charge in [-0.2, -0.15) is 0 Å². The first-order valence-electron chi connectivity index (χ1n) is 28.8. The molecule has 0 aromatic heterocycles. The molecule has 0 radical (unpaired) electrons. The van der Waals surface area contributed by atoms with E-state index in [2.05, 4.69) is 302 Å². The summed E-state index contributed by atoms with van der Waals surface area (Å²) < 4.78 is 13.1. The number of ether oxygens (including phenoxy) is 2. The molecular formula is C75H70BN3O2. The molecule has 0 spiro atoms. The van der Waals surface area contributed by atoms with Crippen molar-refractivity contribution in [3.8, 4) is 44.9 Å². The van der Waals surface area contributed by atoms with Gasteiger partial charge in [-0.25, -0.2) is 0 Å². The van der Waals surface area contributed by atoms with Crippen LogP contribution in [0.25, 0.3) is 33.4 Å². The van der Waals surface area contributed by atoms with Crippen molar-refractivity contribution in [1.82, 2.24) is 0 Å². The number of rotatable bonds is 8. The maximum atomic E-state index is 6.55. The molecule has 0 atom stereocenters. The van der Waals surface area contributed by atoms with Gasteiger partial charge in [0.1, 0.15) is 13.2 Å². The number of aryl methyl sites for hydroxylation is 1. The minimum Gasteiger partial charge on any atom is -0.486 e. The lowest BCUT2D eigenvalue weighted by molar-refractivity contribution is 0.172. The fraction of sp³-hybridized carbons (Fsp3) is 0.200. The maximum absolute atomic E-state index is 6.55. The summed E-state index contributed by atoms with van der Waals surface area (Å²) >= 11 is 0. The molecule has 0 aliphatic carbocycles. The molecule has 6 heteroatoms. The van der Waals surface area contributed by atoms with Crippen LogP contribution in [0.15, 0.2) is 218 Å². The van der Waals surface area contributed by atoms with Gasteiger partial charge >= 0.3 is 0 Å². The van der Waals surface area contributed by atoms with E-state index in [0.717, 1.165) is 84.9 Å². The lowest BCUT2D eigenvalue weighted by atomic mass is 9.33. The highest BCUT2D eigenvalue weighted by Crippen LogP contribution is 2.51. The summed E-state index contributed by atoms with van der Waals surface area (Å²) in [5.74, 6) is 1.54. The van der Waals surface area contributed by atoms with Gasteiger partial charge in [0.25, 0.3) is 6.71 Å². The van der Waals surface area contributed by atoms with Gasteiger partial charge in [-0.3, -0.25) is 0 Å². The molecule has 0 saturated heterocycles. The van der Waals surface area contributed by atoms with Crippen LogP contribution in [0.3, 0.4) is 0 Å². The Balaban J connectivity index is 1.12. The van der Waals surface area contributed by atoms with Gasteiger partial charge in [0.2, 0.25) is 0 Å². The molecule has 0 unspecified atom stereocenters. The standard InChI is InChI=1S/C75H70BN3O2/c1-49-40-68-72-69(41-49)79(65-37-34-57(75(8,9)10)45-62(65)52-20-14-11-15-21-52)67-48-71-70(80-38-39-81-71)47-64(67)76(72)63-36-35-60(77(58-22-16-12-17-23-58)59-24-18-13-19-25-59)46-66(63)78(68)61-43-53(50-26-30-55(31-27-50)73(2,3)4)42-54(44-61)51-28-32-56(33-29-51)74(5,6)7/h11-37,40-48H,38-39H2,1-10H3. The summed E-state index contributed by atoms with van der Waals surface area (Å²) in [6.07, 6.45) is 0. The van der Waals surface area contributed by atoms with Crippen LogP contribution in [0.5, 0.6) is 11.5 Å². The Labute approximate surface area is 480 Å². The minimum absolute atomic E-state index is 0.0190. The van der Waals surface area contributed by atoms with Crippen molar-refractivity contribution in [2.75, 3.05) is 27.9 Å². The maximum Gasteiger partial charge on any atom is 0.252 e. The molecular weight excluding hydrogens is 986 g/mol. The van der Waals surface area contributed by atoms with Gasteiger partial charge in [0.15, 0.2) is 11.5 Å². The summed E-state index contributed by atoms with van der Waals surface area (Å²) in [5.41, 5.74) is 25.5. The van der Waals surface area contributed by atoms with E-state index in [1.807, 2.05) is 0 Å². The molecule has 13 rings (SSSR count). The second-order valence-corrected chi connectivity index (χ2v) is 25.4. The van der Waals surface area contributed by atoms with Crippen LogP contribution in [-0.2, 0) is 16.2 Å². The predicted molar refractivity (Wildman–Crippen MR) is 343 cm³/mol. The summed E-state index contributed by atoms with van der Waals surface area (Å²) in [6.45, 7) is 23.7. The van der Waals surface area contributed by atoms with Gasteiger partial charge in [0.05, 0.1) is 5.69 Å². The summed E-state index contributed by atoms with van der Waals surface area (Å²) in [7, 11) is 0. The van der Waals surface area contributed by atoms with Gasteiger partial charge in [-0.1, -0.05) is 190 Å². The number of anilines is 9. The normalized spacial score (nSPS) is 13.6. The van der Waals surface area contributed by atoms with Gasteiger partial charge in [-0.15, -0.1) is 0 Å². The molecule has 0 fully saturated rings. The van der Waals surface area contributed by atoms with Gasteiger partial charge < -0.3 is 24.2 Å². The van der Waals surface area contributed by atoms with E-state index in [9.17, 15) is 0 Å². The molecule has 10 aromatic rings. The van der Waals surface area contributed by atoms with E-state index >= 15 is 0 Å². The highest BCUT2D eigenvalue weighted by atomic mass is 16.6. The Morgan fingerprint density at radius 1 is 0.370 bits per heavy atom. The third kappa shape index (κ3) is 9.44. The summed E-state index contributed by atoms with van der Waals surface area (Å²) in [6, 6.07) is 81.8. The van der Waals surface area contributed by atoms with Gasteiger partial charge in [-0.05, 0) is 175 Å². The Morgan fingerprint density at radius 2 is 0.864 bits per heavy atom. The zero-order chi connectivity index (χ0) is 56.0. The highest BCUT2D eigenvalue weighted by Gasteiger charge is 2.45. The SMILES string of the molecule is Cc1cc2c3c(c1)N(c1ccc(C(C)(C)C)cc1-c1ccccc1)c1cc4c(cc1B3c1ccc(N(c3ccccc3)c3ccccc3)cc1N2c1cc(-c2ccc(C(C)(C)C)cc2)cc(-c2ccc(C(C)(C)C)cc2)c1)OCCO4. The smallest absolute Gasteiger partial charge is 0.252 e. The Bertz CT molecular complexity index is 3890. The van der Waals surface area contributed by atoms with E-state index in [4.69, 9.17) is 9.47 Å². The fourth-order valence-corrected chi connectivity index (χ4v) is 12.4. The molecule has 0 bridgehead atoms. The first kappa shape index (κ1) is 51.7. The molecule has 3 aliphatic heterocycles. The van der Waals surface area contributed by atoms with Crippen LogP contribution >= 0.6 is 0 Å². The van der Waals surface area contributed by atoms with Crippen molar-refractivity contribution in [3.63, 3.8) is 0 Å². The van der Waals surface area contributed by atoms with Crippen LogP contribution in [0.1, 0.15) is 84.6 Å². The molecule has 10 aromatic carbocycles. The van der Waals surface area contributed by atoms with Crippen molar-refractivity contribution in [1.29, 1.82) is 0 Å². The molecule has 5 nitrogen and oxygen atoms in total. The Hall–Kier alpha value is -8.74. The monoisotopic (exact) mass is 1060 g/mol. The average molecular weight is 1060 g/mol. The number of hydrogen-bond acceptors (Lipinski definition) is 5. The van der Waals surface area contributed by atoms with E-state index in [1.54, 1.807) is 0 Å². The highest BCUT2D eigenvalue weighted by molar-refractivity contribution is 7.00. The molecule has 400 valence electrons. The Morgan fingerprint density at radius 3 is 1.41 bits per heavy atom. The van der Waals surface area contributed by atoms with Crippen molar-refractivity contribution < 1.29 is 9.47 Å². The molecule has 3 aliphatic rings. The van der Waals surface area contributed by atoms with Crippen LogP contribution in [0.2, 0.25) is 0 Å². The number of nitrogens with zero attached hydrogens (tertiary/aromatic N) is 3. The summed E-state index contributed by atoms with van der Waals surface area (Å²) in [5, 5.41) is 0. The number of benzene rings is 10. The average Bonchev–Trinajstić information content (AvgIpc) is 3.64. The van der Waals surface area contributed by atoms with Crippen LogP contribution in [-0.4, -0.2) is 19.9 Å². The zero-order valence-corrected chi connectivity index (χ0v) is 48.4. The zero-order valence-electron chi connectivity index (χ0n) is 48.4. The quantitative estimate of drug-likeness (QED) is 0.141. The van der Waals surface area contributed by atoms with Crippen LogP contribution in [0, 0.1) is 6.92 Å². The molecule has 81 heavy (non-hydrogen) atoms. The first-order valence-corrected chi connectivity index (χ1v) is 28.8. The molecule has 0 amide bonds. The lowest BCUT2D eigenvalue weighted by Gasteiger charge is -2.45. The first-order chi connectivity index (χ1) is 39.0. The topological polar surface area (TPSA) is 28.2 Å². The second-order valence-electron chi connectivity index (χ2n) is 25.4. The van der Waals surface area contributed by atoms with Crippen LogP contribution in [0.4, 0.5) is 51.2 Å². The Kier molecular flexibility index (Phi) is 12.6. The van der Waals surface area contributed by atoms with Crippen molar-refractivity contribution in [2.24, 2.45) is 0 Å². The van der Waals surface area contributed by atoms with E-state index in [0.29, 0.717) is 13.2 Å². The largest absolute Gasteiger partial charge is 0.486 e. The van der Waals surface area contributed by atoms with E-state index < -0.39 is 0 Å². The third-order valence-electron chi connectivity index (χ3n) is 16.7. The lowest BCUT2D eigenvalue weighted by Crippen LogP contribution is -2.61.